The van der Waals surface area contributed by atoms with Gasteiger partial charge in [0.2, 0.25) is 0 Å². The third-order valence-corrected chi connectivity index (χ3v) is 12.2. The number of ether oxygens (including phenoxy) is 7. The average molecular weight is 830 g/mol. The fourth-order valence-corrected chi connectivity index (χ4v) is 8.91. The molecule has 1 aromatic carbocycles. The number of anilines is 1. The van der Waals surface area contributed by atoms with E-state index in [4.69, 9.17) is 58.9 Å². The van der Waals surface area contributed by atoms with Gasteiger partial charge in [0, 0.05) is 26.6 Å². The van der Waals surface area contributed by atoms with Gasteiger partial charge in [0.25, 0.3) is 0 Å². The van der Waals surface area contributed by atoms with Gasteiger partial charge in [-0.05, 0) is 24.6 Å². The summed E-state index contributed by atoms with van der Waals surface area (Å²) in [6.45, 7) is 6.44. The average Bonchev–Trinajstić information content (AvgIpc) is 3.53. The van der Waals surface area contributed by atoms with Crippen molar-refractivity contribution in [2.45, 2.75) is 50.0 Å². The Bertz CT molecular complexity index is 1870. The van der Waals surface area contributed by atoms with E-state index in [1.807, 2.05) is 29.2 Å². The van der Waals surface area contributed by atoms with Crippen LogP contribution in [0, 0.1) is 19.3 Å². The van der Waals surface area contributed by atoms with Crippen molar-refractivity contribution >= 4 is 32.0 Å². The number of terminal acetylenes is 1. The highest BCUT2D eigenvalue weighted by molar-refractivity contribution is 7.70. The summed E-state index contributed by atoms with van der Waals surface area (Å²) in [4.78, 5) is 39.6. The molecule has 1 saturated heterocycles. The van der Waals surface area contributed by atoms with E-state index in [-0.39, 0.29) is 18.7 Å². The molecule has 2 fully saturated rings. The van der Waals surface area contributed by atoms with Crippen LogP contribution in [-0.4, -0.2) is 154 Å². The number of aliphatic hydroxyl groups is 2. The van der Waals surface area contributed by atoms with Gasteiger partial charge in [-0.1, -0.05) is 18.1 Å². The van der Waals surface area contributed by atoms with Crippen LogP contribution in [0.4, 0.5) is 5.82 Å². The number of rotatable bonds is 25. The van der Waals surface area contributed by atoms with Gasteiger partial charge in [0.1, 0.15) is 54.5 Å². The lowest BCUT2D eigenvalue weighted by molar-refractivity contribution is -0.0663. The Labute approximate surface area is 323 Å². The molecule has 1 aliphatic carbocycles. The van der Waals surface area contributed by atoms with Crippen molar-refractivity contribution in [3.63, 3.8) is 0 Å². The highest BCUT2D eigenvalue weighted by Crippen LogP contribution is 2.63. The first kappa shape index (κ1) is 44.0. The Morgan fingerprint density at radius 1 is 1.00 bits per heavy atom. The largest absolute Gasteiger partial charge is 0.491 e. The van der Waals surface area contributed by atoms with Crippen LogP contribution >= 0.6 is 15.2 Å². The second-order valence-electron chi connectivity index (χ2n) is 13.1. The summed E-state index contributed by atoms with van der Waals surface area (Å²) in [7, 11) is -8.05. The number of hydrogen-bond acceptors (Lipinski definition) is 16. The van der Waals surface area contributed by atoms with Crippen molar-refractivity contribution in [3.8, 4) is 18.1 Å². The van der Waals surface area contributed by atoms with Gasteiger partial charge in [-0.3, -0.25) is 9.13 Å². The molecule has 1 spiro atoms. The first-order valence-electron chi connectivity index (χ1n) is 17.8. The lowest BCUT2D eigenvalue weighted by atomic mass is 10.1. The molecule has 0 bridgehead atoms. The summed E-state index contributed by atoms with van der Waals surface area (Å²) in [5.41, 5.74) is -0.406. The second-order valence-corrected chi connectivity index (χ2v) is 17.0. The number of nitrogens with zero attached hydrogens (tertiary/aromatic N) is 5. The first-order chi connectivity index (χ1) is 26.8. The molecule has 2 aromatic heterocycles. The zero-order chi connectivity index (χ0) is 40.3. The van der Waals surface area contributed by atoms with Crippen LogP contribution in [0.2, 0.25) is 0 Å². The van der Waals surface area contributed by atoms with Crippen LogP contribution in [0.25, 0.3) is 11.0 Å². The Hall–Kier alpha value is -3.09. The van der Waals surface area contributed by atoms with Crippen LogP contribution in [0.3, 0.4) is 0 Å². The van der Waals surface area contributed by atoms with Crippen molar-refractivity contribution in [2.24, 2.45) is 0 Å². The zero-order valence-electron chi connectivity index (χ0n) is 31.1. The monoisotopic (exact) mass is 829 g/mol. The maximum atomic E-state index is 12.4. The third kappa shape index (κ3) is 12.0. The predicted molar refractivity (Wildman–Crippen MR) is 198 cm³/mol. The van der Waals surface area contributed by atoms with Gasteiger partial charge in [-0.25, -0.2) is 14.6 Å². The molecule has 3 heterocycles. The van der Waals surface area contributed by atoms with E-state index in [1.165, 1.54) is 10.9 Å². The van der Waals surface area contributed by atoms with Crippen LogP contribution in [0.5, 0.6) is 5.75 Å². The predicted octanol–water partition coefficient (Wildman–Crippen LogP) is 0.965. The molecule has 2 unspecified atom stereocenters. The molecule has 5 N–H and O–H groups in total. The van der Waals surface area contributed by atoms with Gasteiger partial charge < -0.3 is 67.5 Å². The summed E-state index contributed by atoms with van der Waals surface area (Å²) >= 11 is 0. The molecule has 3 aromatic rings. The summed E-state index contributed by atoms with van der Waals surface area (Å²) in [5, 5.41) is 27.0. The molecule has 1 aliphatic heterocycles. The van der Waals surface area contributed by atoms with Crippen molar-refractivity contribution in [3.05, 3.63) is 41.9 Å². The smallest absolute Gasteiger partial charge is 0.340 e. The SMILES string of the molecule is C#CCOCCOCCOCCOCCOc1cccc(CN(CCOC)c2nc(C)nc3c2cnn3[C@@H]2OC3(C[C@@H]3OP(=O)(O)CP(=O)(O)O)[C@@H](O)[C@H]2O)c1. The van der Waals surface area contributed by atoms with E-state index in [2.05, 4.69) is 16.0 Å². The van der Waals surface area contributed by atoms with Crippen LogP contribution in [0.1, 0.15) is 24.0 Å². The first-order valence-corrected chi connectivity index (χ1v) is 21.3. The molecule has 56 heavy (non-hydrogen) atoms. The van der Waals surface area contributed by atoms with E-state index in [9.17, 15) is 24.2 Å². The standard InChI is InChI=1S/C34H49N5O15P2/c1-4-9-48-11-12-49-13-14-50-15-16-51-17-18-52-26-7-5-6-25(19-26)22-38(8-10-47-3)31-27-21-35-39(32(27)37-24(2)36-31)33-29(40)30(41)34(53-33)20-28(34)54-56(45,46)23-55(42,43)44/h1,5-7,19,21,28-30,33,40-41H,8-18,20,22-23H2,2-3H3,(H,45,46)(H2,42,43,44)/t28-,29+,30-,33+,34?/m0/s1. The summed E-state index contributed by atoms with van der Waals surface area (Å²) in [6, 6.07) is 7.60. The normalized spacial score (nSPS) is 23.0. The van der Waals surface area contributed by atoms with E-state index in [0.717, 1.165) is 5.56 Å². The van der Waals surface area contributed by atoms with Crippen LogP contribution in [-0.2, 0) is 48.6 Å². The Balaban J connectivity index is 1.18. The number of fused-ring (bicyclic) bond motifs is 1. The molecule has 2 aliphatic rings. The molecule has 1 saturated carbocycles. The molecule has 310 valence electrons. The minimum Gasteiger partial charge on any atom is -0.491 e. The van der Waals surface area contributed by atoms with Crippen molar-refractivity contribution in [2.75, 3.05) is 90.5 Å². The highest BCUT2D eigenvalue weighted by Gasteiger charge is 2.71. The maximum absolute atomic E-state index is 12.4. The molecular weight excluding hydrogens is 780 g/mol. The summed E-state index contributed by atoms with van der Waals surface area (Å²) < 4.78 is 69.1. The minimum absolute atomic E-state index is 0.107. The molecule has 0 radical (unpaired) electrons. The van der Waals surface area contributed by atoms with Gasteiger partial charge in [0.15, 0.2) is 17.8 Å². The van der Waals surface area contributed by atoms with Crippen molar-refractivity contribution in [1.29, 1.82) is 0 Å². The third-order valence-electron chi connectivity index (χ3n) is 8.72. The number of methoxy groups -OCH3 is 1. The zero-order valence-corrected chi connectivity index (χ0v) is 32.9. The van der Waals surface area contributed by atoms with Crippen molar-refractivity contribution in [1.82, 2.24) is 19.7 Å². The van der Waals surface area contributed by atoms with E-state index in [1.54, 1.807) is 14.0 Å². The quantitative estimate of drug-likeness (QED) is 0.0453. The minimum atomic E-state index is -4.88. The Morgan fingerprint density at radius 2 is 1.68 bits per heavy atom. The molecular formula is C34H49N5O15P2. The molecule has 0 amide bonds. The Kier molecular flexibility index (Phi) is 15.8. The lowest BCUT2D eigenvalue weighted by Crippen LogP contribution is -2.35. The van der Waals surface area contributed by atoms with E-state index in [0.29, 0.717) is 95.3 Å². The maximum Gasteiger partial charge on any atom is 0.340 e. The van der Waals surface area contributed by atoms with Crippen LogP contribution in [0.15, 0.2) is 30.5 Å². The second kappa shape index (κ2) is 20.1. The van der Waals surface area contributed by atoms with Crippen LogP contribution < -0.4 is 9.64 Å². The number of aromatic nitrogens is 4. The van der Waals surface area contributed by atoms with Gasteiger partial charge in [-0.15, -0.1) is 6.42 Å². The van der Waals surface area contributed by atoms with E-state index >= 15 is 0 Å². The Morgan fingerprint density at radius 3 is 2.34 bits per heavy atom. The number of hydrogen-bond donors (Lipinski definition) is 5. The van der Waals surface area contributed by atoms with E-state index < -0.39 is 51.2 Å². The summed E-state index contributed by atoms with van der Waals surface area (Å²) in [5.74, 6) is 2.54. The molecule has 20 nitrogen and oxygen atoms in total. The number of aryl methyl sites for hydroxylation is 1. The molecule has 22 heteroatoms. The molecule has 5 rings (SSSR count). The van der Waals surface area contributed by atoms with Gasteiger partial charge in [-0.2, -0.15) is 5.10 Å². The summed E-state index contributed by atoms with van der Waals surface area (Å²) in [6.07, 6.45) is 0.892. The highest BCUT2D eigenvalue weighted by atomic mass is 31.2. The fraction of sp³-hybridized carbons (Fsp3) is 0.618. The number of benzene rings is 1. The van der Waals surface area contributed by atoms with Gasteiger partial charge >= 0.3 is 15.2 Å². The van der Waals surface area contributed by atoms with Crippen molar-refractivity contribution < 1.29 is 71.7 Å². The van der Waals surface area contributed by atoms with Gasteiger partial charge in [0.05, 0.1) is 64.4 Å². The molecule has 6 atom stereocenters. The lowest BCUT2D eigenvalue weighted by Gasteiger charge is -2.25. The topological polar surface area (TPSA) is 256 Å². The fourth-order valence-electron chi connectivity index (χ4n) is 6.13. The number of aliphatic hydroxyl groups excluding tert-OH is 2.